The van der Waals surface area contributed by atoms with E-state index < -0.39 is 0 Å². The van der Waals surface area contributed by atoms with Crippen LogP contribution in [-0.2, 0) is 4.74 Å². The van der Waals surface area contributed by atoms with Crippen molar-refractivity contribution < 1.29 is 4.74 Å². The van der Waals surface area contributed by atoms with Gasteiger partial charge in [-0.3, -0.25) is 0 Å². The van der Waals surface area contributed by atoms with Gasteiger partial charge in [-0.15, -0.1) is 0 Å². The van der Waals surface area contributed by atoms with Crippen LogP contribution in [0.1, 0.15) is 25.7 Å². The van der Waals surface area contributed by atoms with Crippen LogP contribution in [0.4, 0.5) is 0 Å². The SMILES string of the molecule is C1CNCC(CCN2CCCOCC2)C1. The molecule has 0 spiro atoms. The Kier molecular flexibility index (Phi) is 4.90. The standard InChI is InChI=1S/C12H24N2O/c1-3-12(11-13-5-1)4-7-14-6-2-9-15-10-8-14/h12-13H,1-11H2. The molecule has 88 valence electrons. The van der Waals surface area contributed by atoms with Crippen molar-refractivity contribution in [2.45, 2.75) is 25.7 Å². The Balaban J connectivity index is 1.62. The lowest BCUT2D eigenvalue weighted by atomic mass is 9.96. The Hall–Kier alpha value is -0.120. The molecule has 2 aliphatic rings. The maximum atomic E-state index is 5.46. The van der Waals surface area contributed by atoms with Crippen LogP contribution in [0.2, 0.25) is 0 Å². The second kappa shape index (κ2) is 6.46. The molecule has 2 saturated heterocycles. The van der Waals surface area contributed by atoms with Crippen LogP contribution in [-0.4, -0.2) is 50.8 Å². The number of piperidine rings is 1. The topological polar surface area (TPSA) is 24.5 Å². The van der Waals surface area contributed by atoms with Gasteiger partial charge in [0.1, 0.15) is 0 Å². The molecular formula is C12H24N2O. The van der Waals surface area contributed by atoms with E-state index in [2.05, 4.69) is 10.2 Å². The minimum absolute atomic E-state index is 0.919. The molecule has 1 atom stereocenters. The van der Waals surface area contributed by atoms with Crippen LogP contribution < -0.4 is 5.32 Å². The third-order valence-corrected chi connectivity index (χ3v) is 3.57. The molecule has 0 radical (unpaired) electrons. The Morgan fingerprint density at radius 1 is 1.20 bits per heavy atom. The average molecular weight is 212 g/mol. The average Bonchev–Trinajstić information content (AvgIpc) is 2.56. The lowest BCUT2D eigenvalue weighted by molar-refractivity contribution is 0.139. The van der Waals surface area contributed by atoms with E-state index in [-0.39, 0.29) is 0 Å². The van der Waals surface area contributed by atoms with E-state index in [1.807, 2.05) is 0 Å². The highest BCUT2D eigenvalue weighted by molar-refractivity contribution is 4.71. The molecular weight excluding hydrogens is 188 g/mol. The monoisotopic (exact) mass is 212 g/mol. The number of hydrogen-bond acceptors (Lipinski definition) is 3. The fraction of sp³-hybridized carbons (Fsp3) is 1.00. The van der Waals surface area contributed by atoms with Gasteiger partial charge in [0.15, 0.2) is 0 Å². The summed E-state index contributed by atoms with van der Waals surface area (Å²) in [5.74, 6) is 0.919. The first-order valence-electron chi connectivity index (χ1n) is 6.46. The van der Waals surface area contributed by atoms with Crippen LogP contribution in [0.3, 0.4) is 0 Å². The molecule has 0 amide bonds. The highest BCUT2D eigenvalue weighted by Crippen LogP contribution is 2.14. The molecule has 2 fully saturated rings. The summed E-state index contributed by atoms with van der Waals surface area (Å²) in [5, 5.41) is 3.49. The van der Waals surface area contributed by atoms with Gasteiger partial charge in [0.2, 0.25) is 0 Å². The molecule has 2 aliphatic heterocycles. The summed E-state index contributed by atoms with van der Waals surface area (Å²) in [6.45, 7) is 8.01. The molecule has 0 saturated carbocycles. The van der Waals surface area contributed by atoms with E-state index in [4.69, 9.17) is 4.74 Å². The summed E-state index contributed by atoms with van der Waals surface area (Å²) in [4.78, 5) is 2.57. The first kappa shape index (κ1) is 11.4. The van der Waals surface area contributed by atoms with Gasteiger partial charge in [-0.25, -0.2) is 0 Å². The van der Waals surface area contributed by atoms with E-state index in [9.17, 15) is 0 Å². The molecule has 2 heterocycles. The Bertz CT molecular complexity index is 161. The summed E-state index contributed by atoms with van der Waals surface area (Å²) in [5.41, 5.74) is 0. The van der Waals surface area contributed by atoms with Gasteiger partial charge in [0.25, 0.3) is 0 Å². The number of hydrogen-bond donors (Lipinski definition) is 1. The minimum Gasteiger partial charge on any atom is -0.380 e. The zero-order chi connectivity index (χ0) is 10.3. The second-order valence-corrected chi connectivity index (χ2v) is 4.81. The summed E-state index contributed by atoms with van der Waals surface area (Å²) >= 11 is 0. The Labute approximate surface area is 93.2 Å². The first-order chi connectivity index (χ1) is 7.45. The van der Waals surface area contributed by atoms with Gasteiger partial charge in [-0.2, -0.15) is 0 Å². The van der Waals surface area contributed by atoms with Crippen molar-refractivity contribution in [3.05, 3.63) is 0 Å². The second-order valence-electron chi connectivity index (χ2n) is 4.81. The number of ether oxygens (including phenoxy) is 1. The van der Waals surface area contributed by atoms with Crippen molar-refractivity contribution in [1.29, 1.82) is 0 Å². The zero-order valence-corrected chi connectivity index (χ0v) is 9.71. The lowest BCUT2D eigenvalue weighted by Gasteiger charge is -2.26. The van der Waals surface area contributed by atoms with E-state index >= 15 is 0 Å². The third kappa shape index (κ3) is 4.09. The van der Waals surface area contributed by atoms with Crippen molar-refractivity contribution in [1.82, 2.24) is 10.2 Å². The Morgan fingerprint density at radius 2 is 2.20 bits per heavy atom. The molecule has 0 aromatic carbocycles. The fourth-order valence-corrected chi connectivity index (χ4v) is 2.56. The van der Waals surface area contributed by atoms with Crippen LogP contribution in [0.25, 0.3) is 0 Å². The van der Waals surface area contributed by atoms with E-state index in [1.165, 1.54) is 51.9 Å². The first-order valence-corrected chi connectivity index (χ1v) is 6.46. The summed E-state index contributed by atoms with van der Waals surface area (Å²) in [7, 11) is 0. The third-order valence-electron chi connectivity index (χ3n) is 3.57. The van der Waals surface area contributed by atoms with E-state index in [1.54, 1.807) is 0 Å². The molecule has 0 aromatic rings. The van der Waals surface area contributed by atoms with Gasteiger partial charge in [0.05, 0.1) is 6.61 Å². The van der Waals surface area contributed by atoms with Crippen LogP contribution in [0.5, 0.6) is 0 Å². The van der Waals surface area contributed by atoms with Crippen molar-refractivity contribution in [3.63, 3.8) is 0 Å². The quantitative estimate of drug-likeness (QED) is 0.758. The van der Waals surface area contributed by atoms with Crippen molar-refractivity contribution >= 4 is 0 Å². The summed E-state index contributed by atoms with van der Waals surface area (Å²) < 4.78 is 5.46. The molecule has 2 rings (SSSR count). The largest absolute Gasteiger partial charge is 0.380 e. The number of nitrogens with zero attached hydrogens (tertiary/aromatic N) is 1. The smallest absolute Gasteiger partial charge is 0.0593 e. The maximum Gasteiger partial charge on any atom is 0.0593 e. The predicted molar refractivity (Wildman–Crippen MR) is 62.1 cm³/mol. The summed E-state index contributed by atoms with van der Waals surface area (Å²) in [6, 6.07) is 0. The van der Waals surface area contributed by atoms with Crippen LogP contribution in [0.15, 0.2) is 0 Å². The minimum atomic E-state index is 0.919. The van der Waals surface area contributed by atoms with E-state index in [0.717, 1.165) is 25.7 Å². The lowest BCUT2D eigenvalue weighted by Crippen LogP contribution is -2.34. The molecule has 3 heteroatoms. The maximum absolute atomic E-state index is 5.46. The Morgan fingerprint density at radius 3 is 3.07 bits per heavy atom. The number of nitrogens with one attached hydrogen (secondary N) is 1. The molecule has 3 nitrogen and oxygen atoms in total. The molecule has 1 unspecified atom stereocenters. The number of rotatable bonds is 3. The zero-order valence-electron chi connectivity index (χ0n) is 9.71. The predicted octanol–water partition coefficient (Wildman–Crippen LogP) is 1.10. The normalized spacial score (nSPS) is 30.0. The molecule has 0 aromatic heterocycles. The highest BCUT2D eigenvalue weighted by atomic mass is 16.5. The van der Waals surface area contributed by atoms with Gasteiger partial charge in [0, 0.05) is 19.7 Å². The van der Waals surface area contributed by atoms with Gasteiger partial charge in [-0.1, -0.05) is 0 Å². The highest BCUT2D eigenvalue weighted by Gasteiger charge is 2.15. The molecule has 0 aliphatic carbocycles. The van der Waals surface area contributed by atoms with Gasteiger partial charge >= 0.3 is 0 Å². The summed E-state index contributed by atoms with van der Waals surface area (Å²) in [6.07, 6.45) is 5.38. The van der Waals surface area contributed by atoms with Crippen molar-refractivity contribution in [2.75, 3.05) is 45.9 Å². The van der Waals surface area contributed by atoms with E-state index in [0.29, 0.717) is 0 Å². The van der Waals surface area contributed by atoms with Crippen molar-refractivity contribution in [3.8, 4) is 0 Å². The molecule has 0 bridgehead atoms. The van der Waals surface area contributed by atoms with Gasteiger partial charge in [-0.05, 0) is 51.2 Å². The molecule has 15 heavy (non-hydrogen) atoms. The van der Waals surface area contributed by atoms with Crippen molar-refractivity contribution in [2.24, 2.45) is 5.92 Å². The fourth-order valence-electron chi connectivity index (χ4n) is 2.56. The van der Waals surface area contributed by atoms with Crippen LogP contribution in [0, 0.1) is 5.92 Å². The molecule has 1 N–H and O–H groups in total. The van der Waals surface area contributed by atoms with Gasteiger partial charge < -0.3 is 15.0 Å². The van der Waals surface area contributed by atoms with Crippen LogP contribution >= 0.6 is 0 Å².